The van der Waals surface area contributed by atoms with Crippen molar-refractivity contribution in [2.24, 2.45) is 0 Å². The average Bonchev–Trinajstić information content (AvgIpc) is 2.29. The summed E-state index contributed by atoms with van der Waals surface area (Å²) in [7, 11) is 0. The van der Waals surface area contributed by atoms with Crippen LogP contribution < -0.4 is 10.6 Å². The molecule has 1 amide bonds. The molecule has 0 atom stereocenters. The molecule has 1 aromatic rings. The Hall–Kier alpha value is -1.12. The molecule has 0 unspecified atom stereocenters. The van der Waals surface area contributed by atoms with Crippen molar-refractivity contribution in [3.05, 3.63) is 16.0 Å². The fourth-order valence-corrected chi connectivity index (χ4v) is 1.48. The molecule has 2 N–H and O–H groups in total. The number of amides is 1. The number of anilines is 1. The maximum absolute atomic E-state index is 11.4. The van der Waals surface area contributed by atoms with Gasteiger partial charge in [-0.1, -0.05) is 0 Å². The lowest BCUT2D eigenvalue weighted by molar-refractivity contribution is 0.0528. The number of carbonyl (C=O) groups excluding carboxylic acids is 1. The highest BCUT2D eigenvalue weighted by Gasteiger charge is 2.15. The lowest BCUT2D eigenvalue weighted by Gasteiger charge is -2.19. The molecule has 1 rings (SSSR count). The number of rotatable bonds is 5. The van der Waals surface area contributed by atoms with E-state index in [2.05, 4.69) is 43.2 Å². The van der Waals surface area contributed by atoms with Gasteiger partial charge in [-0.25, -0.2) is 14.8 Å². The van der Waals surface area contributed by atoms with Crippen LogP contribution in [0.3, 0.4) is 0 Å². The van der Waals surface area contributed by atoms with Gasteiger partial charge in [0.05, 0.1) is 0 Å². The van der Waals surface area contributed by atoms with Crippen LogP contribution in [-0.2, 0) is 4.74 Å². The minimum Gasteiger partial charge on any atom is -0.444 e. The van der Waals surface area contributed by atoms with Gasteiger partial charge >= 0.3 is 6.09 Å². The van der Waals surface area contributed by atoms with Crippen LogP contribution in [-0.4, -0.2) is 34.8 Å². The average molecular weight is 378 g/mol. The van der Waals surface area contributed by atoms with Gasteiger partial charge in [0.25, 0.3) is 0 Å². The van der Waals surface area contributed by atoms with Gasteiger partial charge in [-0.3, -0.25) is 0 Å². The molecule has 19 heavy (non-hydrogen) atoms. The number of carbonyl (C=O) groups is 1. The summed E-state index contributed by atoms with van der Waals surface area (Å²) in [6.45, 7) is 6.75. The first kappa shape index (κ1) is 15.9. The molecule has 0 spiro atoms. The summed E-state index contributed by atoms with van der Waals surface area (Å²) < 4.78 is 6.11. The lowest BCUT2D eigenvalue weighted by Crippen LogP contribution is -2.33. The van der Waals surface area contributed by atoms with Crippen molar-refractivity contribution in [1.29, 1.82) is 0 Å². The van der Waals surface area contributed by atoms with Gasteiger partial charge in [-0.05, 0) is 49.8 Å². The van der Waals surface area contributed by atoms with Gasteiger partial charge in [-0.2, -0.15) is 0 Å². The Bertz CT molecular complexity index is 403. The summed E-state index contributed by atoms with van der Waals surface area (Å²) in [4.78, 5) is 19.6. The van der Waals surface area contributed by atoms with Crippen molar-refractivity contribution in [1.82, 2.24) is 15.3 Å². The molecule has 0 fully saturated rings. The van der Waals surface area contributed by atoms with Crippen LogP contribution >= 0.6 is 22.6 Å². The molecule has 6 nitrogen and oxygen atoms in total. The first-order valence-corrected chi connectivity index (χ1v) is 7.13. The minimum absolute atomic E-state index is 0.391. The molecule has 0 aliphatic heterocycles. The molecule has 0 aliphatic carbocycles. The van der Waals surface area contributed by atoms with E-state index in [1.165, 1.54) is 0 Å². The Morgan fingerprint density at radius 3 is 2.53 bits per heavy atom. The molecule has 1 heterocycles. The zero-order valence-corrected chi connectivity index (χ0v) is 13.5. The van der Waals surface area contributed by atoms with Gasteiger partial charge in [0, 0.05) is 29.1 Å². The van der Waals surface area contributed by atoms with Crippen molar-refractivity contribution < 1.29 is 9.53 Å². The molecule has 0 saturated carbocycles. The monoisotopic (exact) mass is 378 g/mol. The van der Waals surface area contributed by atoms with Crippen LogP contribution in [0.5, 0.6) is 0 Å². The number of ether oxygens (including phenoxy) is 1. The van der Waals surface area contributed by atoms with E-state index in [9.17, 15) is 4.79 Å². The van der Waals surface area contributed by atoms with Crippen LogP contribution in [0.25, 0.3) is 0 Å². The van der Waals surface area contributed by atoms with E-state index in [4.69, 9.17) is 4.74 Å². The summed E-state index contributed by atoms with van der Waals surface area (Å²) in [5, 5.41) is 5.77. The van der Waals surface area contributed by atoms with Crippen molar-refractivity contribution in [2.75, 3.05) is 18.4 Å². The molecular formula is C12H19IN4O2. The first-order valence-electron chi connectivity index (χ1n) is 6.05. The normalized spacial score (nSPS) is 10.9. The van der Waals surface area contributed by atoms with E-state index in [0.29, 0.717) is 19.0 Å². The number of hydrogen-bond donors (Lipinski definition) is 2. The third-order valence-electron chi connectivity index (χ3n) is 1.93. The van der Waals surface area contributed by atoms with E-state index in [1.807, 2.05) is 20.8 Å². The van der Waals surface area contributed by atoms with Crippen LogP contribution in [0, 0.1) is 3.57 Å². The summed E-state index contributed by atoms with van der Waals surface area (Å²) in [6.07, 6.45) is 3.87. The highest BCUT2D eigenvalue weighted by Crippen LogP contribution is 2.06. The quantitative estimate of drug-likeness (QED) is 0.608. The van der Waals surface area contributed by atoms with Crippen LogP contribution in [0.2, 0.25) is 0 Å². The molecule has 0 saturated heterocycles. The highest BCUT2D eigenvalue weighted by atomic mass is 127. The van der Waals surface area contributed by atoms with Crippen molar-refractivity contribution >= 4 is 34.6 Å². The van der Waals surface area contributed by atoms with E-state index < -0.39 is 11.7 Å². The SMILES string of the molecule is CC(C)(C)OC(=O)NCCCNc1ncc(I)cn1. The van der Waals surface area contributed by atoms with E-state index in [-0.39, 0.29) is 0 Å². The molecule has 7 heteroatoms. The number of nitrogens with one attached hydrogen (secondary N) is 2. The van der Waals surface area contributed by atoms with Gasteiger partial charge in [0.1, 0.15) is 5.60 Å². The zero-order valence-electron chi connectivity index (χ0n) is 11.4. The molecular weight excluding hydrogens is 359 g/mol. The van der Waals surface area contributed by atoms with E-state index in [1.54, 1.807) is 12.4 Å². The molecule has 0 bridgehead atoms. The topological polar surface area (TPSA) is 76.1 Å². The number of aromatic nitrogens is 2. The fraction of sp³-hybridized carbons (Fsp3) is 0.583. The Balaban J connectivity index is 2.11. The maximum atomic E-state index is 11.4. The van der Waals surface area contributed by atoms with E-state index >= 15 is 0 Å². The van der Waals surface area contributed by atoms with Crippen molar-refractivity contribution in [2.45, 2.75) is 32.8 Å². The summed E-state index contributed by atoms with van der Waals surface area (Å²) >= 11 is 2.15. The van der Waals surface area contributed by atoms with E-state index in [0.717, 1.165) is 9.99 Å². The number of hydrogen-bond acceptors (Lipinski definition) is 5. The minimum atomic E-state index is -0.461. The second-order valence-corrected chi connectivity index (χ2v) is 6.18. The fourth-order valence-electron chi connectivity index (χ4n) is 1.20. The third kappa shape index (κ3) is 7.81. The first-order chi connectivity index (χ1) is 8.87. The standard InChI is InChI=1S/C12H19IN4O2/c1-12(2,3)19-11(18)15-6-4-5-14-10-16-7-9(13)8-17-10/h7-8H,4-6H2,1-3H3,(H,15,18)(H,14,16,17). The Kier molecular flexibility index (Phi) is 6.26. The van der Waals surface area contributed by atoms with Crippen molar-refractivity contribution in [3.8, 4) is 0 Å². The predicted octanol–water partition coefficient (Wildman–Crippen LogP) is 2.41. The highest BCUT2D eigenvalue weighted by molar-refractivity contribution is 14.1. The lowest BCUT2D eigenvalue weighted by atomic mass is 10.2. The predicted molar refractivity (Wildman–Crippen MR) is 82.1 cm³/mol. The largest absolute Gasteiger partial charge is 0.444 e. The zero-order chi connectivity index (χ0) is 14.3. The van der Waals surface area contributed by atoms with Gasteiger partial charge < -0.3 is 15.4 Å². The van der Waals surface area contributed by atoms with Gasteiger partial charge in [0.2, 0.25) is 5.95 Å². The van der Waals surface area contributed by atoms with Crippen LogP contribution in [0.1, 0.15) is 27.2 Å². The molecule has 1 aromatic heterocycles. The third-order valence-corrected chi connectivity index (χ3v) is 2.48. The van der Waals surface area contributed by atoms with Gasteiger partial charge in [-0.15, -0.1) is 0 Å². The summed E-state index contributed by atoms with van der Waals surface area (Å²) in [6, 6.07) is 0. The number of nitrogens with zero attached hydrogens (tertiary/aromatic N) is 2. The number of halogens is 1. The molecule has 0 aromatic carbocycles. The Labute approximate surface area is 126 Å². The van der Waals surface area contributed by atoms with Crippen molar-refractivity contribution in [3.63, 3.8) is 0 Å². The molecule has 0 radical (unpaired) electrons. The summed E-state index contributed by atoms with van der Waals surface area (Å²) in [5.74, 6) is 0.595. The second kappa shape index (κ2) is 7.46. The Morgan fingerprint density at radius 2 is 1.95 bits per heavy atom. The second-order valence-electron chi connectivity index (χ2n) is 4.93. The molecule has 106 valence electrons. The number of alkyl carbamates (subject to hydrolysis) is 1. The van der Waals surface area contributed by atoms with Crippen LogP contribution in [0.4, 0.5) is 10.7 Å². The van der Waals surface area contributed by atoms with Gasteiger partial charge in [0.15, 0.2) is 0 Å². The molecule has 0 aliphatic rings. The van der Waals surface area contributed by atoms with Crippen LogP contribution in [0.15, 0.2) is 12.4 Å². The maximum Gasteiger partial charge on any atom is 0.407 e. The Morgan fingerprint density at radius 1 is 1.32 bits per heavy atom. The smallest absolute Gasteiger partial charge is 0.407 e. The summed E-state index contributed by atoms with van der Waals surface area (Å²) in [5.41, 5.74) is -0.461.